The topological polar surface area (TPSA) is 60.2 Å². The zero-order chi connectivity index (χ0) is 17.8. The van der Waals surface area contributed by atoms with Crippen LogP contribution in [-0.4, -0.2) is 38.7 Å². The van der Waals surface area contributed by atoms with Gasteiger partial charge in [-0.3, -0.25) is 14.5 Å². The third kappa shape index (κ3) is 3.79. The van der Waals surface area contributed by atoms with Crippen molar-refractivity contribution < 1.29 is 9.53 Å². The number of nitrogens with zero attached hydrogens (tertiary/aromatic N) is 4. The fourth-order valence-corrected chi connectivity index (χ4v) is 2.68. The molecule has 3 rings (SSSR count). The highest BCUT2D eigenvalue weighted by Gasteiger charge is 2.23. The number of hydrogen-bond donors (Lipinski definition) is 0. The van der Waals surface area contributed by atoms with Gasteiger partial charge < -0.3 is 9.64 Å². The second kappa shape index (κ2) is 7.34. The van der Waals surface area contributed by atoms with E-state index in [9.17, 15) is 4.79 Å². The number of hydrogen-bond acceptors (Lipinski definition) is 4. The molecule has 2 aromatic heterocycles. The Morgan fingerprint density at radius 1 is 1.40 bits per heavy atom. The first-order chi connectivity index (χ1) is 12.1. The molecule has 0 saturated heterocycles. The molecule has 0 N–H and O–H groups in total. The van der Waals surface area contributed by atoms with Gasteiger partial charge in [-0.15, -0.1) is 5.10 Å². The lowest BCUT2D eigenvalue weighted by atomic mass is 10.2. The summed E-state index contributed by atoms with van der Waals surface area (Å²) in [6.07, 6.45) is 5.36. The van der Waals surface area contributed by atoms with Gasteiger partial charge in [-0.1, -0.05) is 18.7 Å². The maximum absolute atomic E-state index is 12.6. The van der Waals surface area contributed by atoms with Crippen molar-refractivity contribution in [1.82, 2.24) is 19.7 Å². The monoisotopic (exact) mass is 338 g/mol. The van der Waals surface area contributed by atoms with E-state index >= 15 is 0 Å². The lowest BCUT2D eigenvalue weighted by Gasteiger charge is -2.27. The molecule has 0 aromatic carbocycles. The summed E-state index contributed by atoms with van der Waals surface area (Å²) in [5, 5.41) is 4.45. The Balaban J connectivity index is 1.68. The molecule has 6 heteroatoms. The summed E-state index contributed by atoms with van der Waals surface area (Å²) in [6.45, 7) is 9.83. The molecule has 2 aromatic rings. The van der Waals surface area contributed by atoms with Crippen LogP contribution in [0, 0.1) is 6.92 Å². The number of ether oxygens (including phenoxy) is 1. The minimum atomic E-state index is -0.00900. The Labute approximate surface area is 147 Å². The largest absolute Gasteiger partial charge is 0.472 e. The van der Waals surface area contributed by atoms with E-state index in [1.54, 1.807) is 12.3 Å². The molecule has 6 nitrogen and oxygen atoms in total. The summed E-state index contributed by atoms with van der Waals surface area (Å²) < 4.78 is 7.61. The fourth-order valence-electron chi connectivity index (χ4n) is 2.68. The van der Waals surface area contributed by atoms with E-state index in [0.717, 1.165) is 17.0 Å². The predicted octanol–water partition coefficient (Wildman–Crippen LogP) is 2.75. The van der Waals surface area contributed by atoms with Crippen molar-refractivity contribution in [2.45, 2.75) is 26.9 Å². The van der Waals surface area contributed by atoms with Crippen LogP contribution in [0.4, 0.5) is 0 Å². The molecule has 1 aliphatic rings. The third-order valence-electron chi connectivity index (χ3n) is 4.24. The van der Waals surface area contributed by atoms with Gasteiger partial charge in [-0.2, -0.15) is 0 Å². The number of aryl methyl sites for hydroxylation is 1. The SMILES string of the molecule is C=C/C(=C\C)COc1cc2n(n1)CCN(C(=O)c1ccc(C)nc1)C2. The van der Waals surface area contributed by atoms with E-state index in [1.165, 1.54) is 0 Å². The number of carbonyl (C=O) groups is 1. The zero-order valence-corrected chi connectivity index (χ0v) is 14.6. The lowest BCUT2D eigenvalue weighted by Crippen LogP contribution is -2.38. The third-order valence-corrected chi connectivity index (χ3v) is 4.24. The molecule has 25 heavy (non-hydrogen) atoms. The molecule has 130 valence electrons. The van der Waals surface area contributed by atoms with Crippen molar-refractivity contribution in [2.75, 3.05) is 13.2 Å². The minimum Gasteiger partial charge on any atom is -0.472 e. The molecular weight excluding hydrogens is 316 g/mol. The number of aromatic nitrogens is 3. The Morgan fingerprint density at radius 3 is 2.92 bits per heavy atom. The average Bonchev–Trinajstić information content (AvgIpc) is 3.04. The van der Waals surface area contributed by atoms with Crippen LogP contribution in [-0.2, 0) is 13.1 Å². The maximum atomic E-state index is 12.6. The van der Waals surface area contributed by atoms with E-state index in [1.807, 2.05) is 47.7 Å². The first-order valence-corrected chi connectivity index (χ1v) is 8.29. The zero-order valence-electron chi connectivity index (χ0n) is 14.6. The van der Waals surface area contributed by atoms with Crippen LogP contribution in [0.15, 0.2) is 48.7 Å². The van der Waals surface area contributed by atoms with Crippen molar-refractivity contribution >= 4 is 5.91 Å². The molecule has 0 radical (unpaired) electrons. The van der Waals surface area contributed by atoms with E-state index < -0.39 is 0 Å². The van der Waals surface area contributed by atoms with Gasteiger partial charge in [0.05, 0.1) is 24.3 Å². The van der Waals surface area contributed by atoms with Gasteiger partial charge in [0.25, 0.3) is 5.91 Å². The molecule has 1 aliphatic heterocycles. The van der Waals surface area contributed by atoms with Gasteiger partial charge in [0.1, 0.15) is 6.61 Å². The molecule has 0 spiro atoms. The lowest BCUT2D eigenvalue weighted by molar-refractivity contribution is 0.0705. The molecule has 0 fully saturated rings. The highest BCUT2D eigenvalue weighted by molar-refractivity contribution is 5.93. The van der Waals surface area contributed by atoms with Gasteiger partial charge in [-0.05, 0) is 31.6 Å². The molecule has 1 amide bonds. The molecule has 0 aliphatic carbocycles. The minimum absolute atomic E-state index is 0.00900. The summed E-state index contributed by atoms with van der Waals surface area (Å²) in [7, 11) is 0. The highest BCUT2D eigenvalue weighted by atomic mass is 16.5. The second-order valence-corrected chi connectivity index (χ2v) is 5.97. The van der Waals surface area contributed by atoms with Crippen molar-refractivity contribution in [1.29, 1.82) is 0 Å². The van der Waals surface area contributed by atoms with Gasteiger partial charge in [-0.25, -0.2) is 0 Å². The first-order valence-electron chi connectivity index (χ1n) is 8.29. The standard InChI is InChI=1S/C19H22N4O2/c1-4-15(5-2)13-25-18-10-17-12-22(8-9-23(17)21-18)19(24)16-7-6-14(3)20-11-16/h4-7,10-11H,1,8-9,12-13H2,2-3H3/b15-5+. The van der Waals surface area contributed by atoms with Crippen LogP contribution in [0.5, 0.6) is 5.88 Å². The normalized spacial score (nSPS) is 14.2. The Kier molecular flexibility index (Phi) is 4.97. The number of amides is 1. The highest BCUT2D eigenvalue weighted by Crippen LogP contribution is 2.20. The first kappa shape index (κ1) is 17.0. The summed E-state index contributed by atoms with van der Waals surface area (Å²) in [5.74, 6) is 0.563. The van der Waals surface area contributed by atoms with Gasteiger partial charge >= 0.3 is 0 Å². The molecule has 0 unspecified atom stereocenters. The molecule has 0 bridgehead atoms. The van der Waals surface area contributed by atoms with Crippen LogP contribution in [0.1, 0.15) is 28.7 Å². The molecule has 3 heterocycles. The van der Waals surface area contributed by atoms with Crippen LogP contribution in [0.2, 0.25) is 0 Å². The van der Waals surface area contributed by atoms with Crippen LogP contribution in [0.3, 0.4) is 0 Å². The van der Waals surface area contributed by atoms with E-state index in [0.29, 0.717) is 37.7 Å². The van der Waals surface area contributed by atoms with Crippen LogP contribution in [0.25, 0.3) is 0 Å². The van der Waals surface area contributed by atoms with Crippen molar-refractivity contribution in [3.05, 3.63) is 65.7 Å². The summed E-state index contributed by atoms with van der Waals surface area (Å²) >= 11 is 0. The number of carbonyl (C=O) groups excluding carboxylic acids is 1. The number of rotatable bonds is 5. The number of fused-ring (bicyclic) bond motifs is 1. The summed E-state index contributed by atoms with van der Waals surface area (Å²) in [4.78, 5) is 18.6. The number of allylic oxidation sites excluding steroid dienone is 1. The Bertz CT molecular complexity index is 805. The van der Waals surface area contributed by atoms with Gasteiger partial charge in [0, 0.05) is 24.5 Å². The Morgan fingerprint density at radius 2 is 2.24 bits per heavy atom. The summed E-state index contributed by atoms with van der Waals surface area (Å²) in [6, 6.07) is 5.56. The second-order valence-electron chi connectivity index (χ2n) is 5.97. The summed E-state index contributed by atoms with van der Waals surface area (Å²) in [5.41, 5.74) is 3.48. The molecule has 0 saturated carbocycles. The van der Waals surface area contributed by atoms with Gasteiger partial charge in [0.15, 0.2) is 0 Å². The van der Waals surface area contributed by atoms with Crippen molar-refractivity contribution in [3.63, 3.8) is 0 Å². The van der Waals surface area contributed by atoms with Crippen LogP contribution >= 0.6 is 0 Å². The van der Waals surface area contributed by atoms with E-state index in [2.05, 4.69) is 16.7 Å². The molecule has 0 atom stereocenters. The van der Waals surface area contributed by atoms with E-state index in [4.69, 9.17) is 4.74 Å². The Hall–Kier alpha value is -2.89. The molecular formula is C19H22N4O2. The number of pyridine rings is 1. The predicted molar refractivity (Wildman–Crippen MR) is 95.4 cm³/mol. The fraction of sp³-hybridized carbons (Fsp3) is 0.316. The van der Waals surface area contributed by atoms with Crippen molar-refractivity contribution in [3.8, 4) is 5.88 Å². The maximum Gasteiger partial charge on any atom is 0.255 e. The van der Waals surface area contributed by atoms with E-state index in [-0.39, 0.29) is 5.91 Å². The smallest absolute Gasteiger partial charge is 0.255 e. The quantitative estimate of drug-likeness (QED) is 0.787. The van der Waals surface area contributed by atoms with Gasteiger partial charge in [0.2, 0.25) is 5.88 Å². The van der Waals surface area contributed by atoms with Crippen molar-refractivity contribution in [2.24, 2.45) is 0 Å². The average molecular weight is 338 g/mol. The van der Waals surface area contributed by atoms with Crippen LogP contribution < -0.4 is 4.74 Å².